The summed E-state index contributed by atoms with van der Waals surface area (Å²) in [6, 6.07) is 25.2. The monoisotopic (exact) mass is 596 g/mol. The Hall–Kier alpha value is -4.98. The van der Waals surface area contributed by atoms with E-state index in [4.69, 9.17) is 18.9 Å². The maximum atomic E-state index is 12.9. The molecule has 0 spiro atoms. The van der Waals surface area contributed by atoms with Crippen LogP contribution in [-0.2, 0) is 0 Å². The van der Waals surface area contributed by atoms with Gasteiger partial charge >= 0.3 is 0 Å². The summed E-state index contributed by atoms with van der Waals surface area (Å²) in [6.45, 7) is 5.52. The first-order valence-corrected chi connectivity index (χ1v) is 14.9. The molecule has 8 heteroatoms. The number of benzene rings is 4. The summed E-state index contributed by atoms with van der Waals surface area (Å²) in [5, 5.41) is 5.86. The van der Waals surface area contributed by atoms with Crippen LogP contribution in [0.4, 0.5) is 11.4 Å². The molecule has 4 aromatic carbocycles. The molecular formula is C36H40N2O6. The van der Waals surface area contributed by atoms with Gasteiger partial charge in [0.05, 0.1) is 38.8 Å². The van der Waals surface area contributed by atoms with Gasteiger partial charge in [-0.1, -0.05) is 38.8 Å². The summed E-state index contributed by atoms with van der Waals surface area (Å²) in [5.74, 6) is 1.98. The second-order valence-electron chi connectivity index (χ2n) is 10.2. The molecule has 8 nitrogen and oxygen atoms in total. The Morgan fingerprint density at radius 3 is 1.30 bits per heavy atom. The van der Waals surface area contributed by atoms with Gasteiger partial charge in [-0.2, -0.15) is 0 Å². The van der Waals surface area contributed by atoms with Crippen LogP contribution in [-0.4, -0.2) is 39.2 Å². The average Bonchev–Trinajstić information content (AvgIpc) is 3.06. The number of hydrogen-bond acceptors (Lipinski definition) is 6. The zero-order chi connectivity index (χ0) is 31.3. The van der Waals surface area contributed by atoms with E-state index >= 15 is 0 Å². The number of rotatable bonds is 15. The minimum atomic E-state index is -0.253. The number of methoxy groups -OCH3 is 2. The Bertz CT molecular complexity index is 1420. The molecule has 4 aromatic rings. The number of nitrogens with one attached hydrogen (secondary N) is 2. The highest BCUT2D eigenvalue weighted by Gasteiger charge is 2.15. The molecule has 2 amide bonds. The predicted octanol–water partition coefficient (Wildman–Crippen LogP) is 8.23. The van der Waals surface area contributed by atoms with Crippen molar-refractivity contribution in [3.63, 3.8) is 0 Å². The first-order chi connectivity index (χ1) is 21.4. The molecule has 0 saturated heterocycles. The normalized spacial score (nSPS) is 10.5. The number of amides is 2. The SMILES string of the molecule is CCCCOc1ccc(C(=O)Nc2ccc(-c3ccc(NC(=O)c4ccc(OCCCC)cc4)c(OC)c3)cc2OC)cc1. The average molecular weight is 597 g/mol. The third kappa shape index (κ3) is 8.53. The lowest BCUT2D eigenvalue weighted by Gasteiger charge is -2.15. The first-order valence-electron chi connectivity index (χ1n) is 14.9. The van der Waals surface area contributed by atoms with Crippen molar-refractivity contribution in [2.75, 3.05) is 38.1 Å². The molecule has 0 bridgehead atoms. The molecule has 0 aromatic heterocycles. The Balaban J connectivity index is 1.43. The zero-order valence-corrected chi connectivity index (χ0v) is 25.8. The molecule has 0 saturated carbocycles. The lowest BCUT2D eigenvalue weighted by molar-refractivity contribution is 0.101. The predicted molar refractivity (Wildman–Crippen MR) is 175 cm³/mol. The molecule has 0 heterocycles. The molecule has 230 valence electrons. The molecule has 2 N–H and O–H groups in total. The highest BCUT2D eigenvalue weighted by molar-refractivity contribution is 6.06. The highest BCUT2D eigenvalue weighted by atomic mass is 16.5. The van der Waals surface area contributed by atoms with Gasteiger partial charge in [0.2, 0.25) is 0 Å². The number of ether oxygens (including phenoxy) is 4. The molecule has 0 fully saturated rings. The van der Waals surface area contributed by atoms with E-state index < -0.39 is 0 Å². The van der Waals surface area contributed by atoms with Crippen molar-refractivity contribution in [3.05, 3.63) is 96.1 Å². The van der Waals surface area contributed by atoms with Crippen LogP contribution in [0.5, 0.6) is 23.0 Å². The fraction of sp³-hybridized carbons (Fsp3) is 0.278. The van der Waals surface area contributed by atoms with Crippen LogP contribution in [0.25, 0.3) is 11.1 Å². The van der Waals surface area contributed by atoms with E-state index in [-0.39, 0.29) is 11.8 Å². The Kier molecular flexibility index (Phi) is 11.6. The Labute approximate surface area is 259 Å². The van der Waals surface area contributed by atoms with E-state index in [2.05, 4.69) is 24.5 Å². The number of anilines is 2. The van der Waals surface area contributed by atoms with E-state index in [9.17, 15) is 9.59 Å². The molecule has 0 unspecified atom stereocenters. The van der Waals surface area contributed by atoms with Crippen LogP contribution in [0.2, 0.25) is 0 Å². The molecule has 44 heavy (non-hydrogen) atoms. The van der Waals surface area contributed by atoms with Crippen molar-refractivity contribution in [3.8, 4) is 34.1 Å². The summed E-state index contributed by atoms with van der Waals surface area (Å²) < 4.78 is 22.6. The topological polar surface area (TPSA) is 95.1 Å². The minimum absolute atomic E-state index is 0.253. The molecule has 0 aliphatic carbocycles. The summed E-state index contributed by atoms with van der Waals surface area (Å²) >= 11 is 0. The number of hydrogen-bond donors (Lipinski definition) is 2. The first kappa shape index (κ1) is 31.9. The molecular weight excluding hydrogens is 556 g/mol. The van der Waals surface area contributed by atoms with Crippen LogP contribution >= 0.6 is 0 Å². The number of carbonyl (C=O) groups is 2. The maximum absolute atomic E-state index is 12.9. The van der Waals surface area contributed by atoms with Gasteiger partial charge in [-0.25, -0.2) is 0 Å². The minimum Gasteiger partial charge on any atom is -0.495 e. The van der Waals surface area contributed by atoms with E-state index in [0.717, 1.165) is 48.3 Å². The Morgan fingerprint density at radius 2 is 0.955 bits per heavy atom. The fourth-order valence-corrected chi connectivity index (χ4v) is 4.41. The van der Waals surface area contributed by atoms with Gasteiger partial charge in [0, 0.05) is 11.1 Å². The van der Waals surface area contributed by atoms with E-state index in [0.29, 0.717) is 47.2 Å². The van der Waals surface area contributed by atoms with Crippen molar-refractivity contribution in [2.45, 2.75) is 39.5 Å². The summed E-state index contributed by atoms with van der Waals surface area (Å²) in [5.41, 5.74) is 3.81. The number of unbranched alkanes of at least 4 members (excludes halogenated alkanes) is 2. The van der Waals surface area contributed by atoms with Gasteiger partial charge in [0.1, 0.15) is 23.0 Å². The van der Waals surface area contributed by atoms with Gasteiger partial charge < -0.3 is 29.6 Å². The fourth-order valence-electron chi connectivity index (χ4n) is 4.41. The van der Waals surface area contributed by atoms with Gasteiger partial charge in [-0.05, 0) is 96.8 Å². The molecule has 4 rings (SSSR count). The van der Waals surface area contributed by atoms with Crippen molar-refractivity contribution in [1.82, 2.24) is 0 Å². The van der Waals surface area contributed by atoms with Crippen molar-refractivity contribution < 1.29 is 28.5 Å². The maximum Gasteiger partial charge on any atom is 0.255 e. The van der Waals surface area contributed by atoms with Crippen LogP contribution in [0.3, 0.4) is 0 Å². The van der Waals surface area contributed by atoms with Crippen molar-refractivity contribution in [2.24, 2.45) is 0 Å². The van der Waals surface area contributed by atoms with Crippen LogP contribution in [0.15, 0.2) is 84.9 Å². The smallest absolute Gasteiger partial charge is 0.255 e. The zero-order valence-electron chi connectivity index (χ0n) is 25.8. The van der Waals surface area contributed by atoms with Gasteiger partial charge in [0.25, 0.3) is 11.8 Å². The highest BCUT2D eigenvalue weighted by Crippen LogP contribution is 2.35. The Morgan fingerprint density at radius 1 is 0.568 bits per heavy atom. The lowest BCUT2D eigenvalue weighted by atomic mass is 10.0. The molecule has 0 aliphatic heterocycles. The summed E-state index contributed by atoms with van der Waals surface area (Å²) in [4.78, 5) is 25.9. The standard InChI is InChI=1S/C36H40N2O6/c1-5-7-21-43-29-15-9-25(10-16-29)35(39)37-31-19-13-27(23-33(31)41-3)28-14-20-32(34(24-28)42-4)38-36(40)26-11-17-30(18-12-26)44-22-8-6-2/h9-20,23-24H,5-8,21-22H2,1-4H3,(H,37,39)(H,38,40). The largest absolute Gasteiger partial charge is 0.495 e. The van der Waals surface area contributed by atoms with Gasteiger partial charge in [-0.3, -0.25) is 9.59 Å². The van der Waals surface area contributed by atoms with Crippen molar-refractivity contribution >= 4 is 23.2 Å². The molecule has 0 atom stereocenters. The lowest BCUT2D eigenvalue weighted by Crippen LogP contribution is -2.13. The second-order valence-corrected chi connectivity index (χ2v) is 10.2. The van der Waals surface area contributed by atoms with E-state index in [1.807, 2.05) is 24.3 Å². The summed E-state index contributed by atoms with van der Waals surface area (Å²) in [6.07, 6.45) is 4.08. The third-order valence-electron chi connectivity index (χ3n) is 7.00. The molecule has 0 radical (unpaired) electrons. The van der Waals surface area contributed by atoms with Crippen LogP contribution in [0.1, 0.15) is 60.2 Å². The van der Waals surface area contributed by atoms with Crippen LogP contribution < -0.4 is 29.6 Å². The van der Waals surface area contributed by atoms with E-state index in [1.54, 1.807) is 74.9 Å². The van der Waals surface area contributed by atoms with Gasteiger partial charge in [0.15, 0.2) is 0 Å². The second kappa shape index (κ2) is 16.0. The quantitative estimate of drug-likeness (QED) is 0.134. The van der Waals surface area contributed by atoms with Gasteiger partial charge in [-0.15, -0.1) is 0 Å². The van der Waals surface area contributed by atoms with E-state index in [1.165, 1.54) is 0 Å². The molecule has 0 aliphatic rings. The summed E-state index contributed by atoms with van der Waals surface area (Å²) in [7, 11) is 3.11. The number of carbonyl (C=O) groups excluding carboxylic acids is 2. The van der Waals surface area contributed by atoms with Crippen molar-refractivity contribution in [1.29, 1.82) is 0 Å². The van der Waals surface area contributed by atoms with Crippen LogP contribution in [0, 0.1) is 0 Å². The third-order valence-corrected chi connectivity index (χ3v) is 7.00.